The summed E-state index contributed by atoms with van der Waals surface area (Å²) in [4.78, 5) is 28.4. The van der Waals surface area contributed by atoms with Gasteiger partial charge in [-0.1, -0.05) is 80.8 Å². The van der Waals surface area contributed by atoms with E-state index in [1.165, 1.54) is 31.0 Å². The minimum Gasteiger partial charge on any atom is -0.445 e. The number of rotatable bonds is 14. The van der Waals surface area contributed by atoms with Gasteiger partial charge in [-0.15, -0.1) is 11.8 Å². The molecule has 1 aromatic heterocycles. The van der Waals surface area contributed by atoms with Crippen LogP contribution < -0.4 is 0 Å². The van der Waals surface area contributed by atoms with Crippen molar-refractivity contribution in [2.24, 2.45) is 7.05 Å². The van der Waals surface area contributed by atoms with E-state index in [0.29, 0.717) is 12.3 Å². The highest BCUT2D eigenvalue weighted by molar-refractivity contribution is 7.98. The maximum atomic E-state index is 13.5. The summed E-state index contributed by atoms with van der Waals surface area (Å²) in [6.45, 7) is 2.36. The van der Waals surface area contributed by atoms with Crippen LogP contribution >= 0.6 is 11.8 Å². The largest absolute Gasteiger partial charge is 0.445 e. The van der Waals surface area contributed by atoms with Crippen molar-refractivity contribution in [3.63, 3.8) is 0 Å². The second kappa shape index (κ2) is 14.5. The summed E-state index contributed by atoms with van der Waals surface area (Å²) in [6, 6.07) is 17.1. The first-order chi connectivity index (χ1) is 17.5. The SMILES string of the molecule is CCCCCC/C=C/C(=O)[C@H](Cc1cn(C)c2ccccc12)N(CSC)C(=O)OCc1ccccc1. The van der Waals surface area contributed by atoms with Crippen molar-refractivity contribution in [2.45, 2.75) is 58.1 Å². The number of carbonyl (C=O) groups excluding carboxylic acids is 2. The topological polar surface area (TPSA) is 51.5 Å². The Morgan fingerprint density at radius 2 is 1.81 bits per heavy atom. The number of amides is 1. The molecular formula is C30H38N2O3S. The number of allylic oxidation sites excluding steroid dienone is 1. The predicted molar refractivity (Wildman–Crippen MR) is 150 cm³/mol. The average molecular weight is 507 g/mol. The number of thioether (sulfide) groups is 1. The van der Waals surface area contributed by atoms with E-state index in [1.807, 2.05) is 61.8 Å². The van der Waals surface area contributed by atoms with Crippen LogP contribution in [-0.4, -0.2) is 39.5 Å². The second-order valence-electron chi connectivity index (χ2n) is 9.08. The number of carbonyl (C=O) groups is 2. The van der Waals surface area contributed by atoms with Gasteiger partial charge in [-0.25, -0.2) is 4.79 Å². The lowest BCUT2D eigenvalue weighted by atomic mass is 10.00. The molecule has 0 spiro atoms. The first-order valence-electron chi connectivity index (χ1n) is 12.7. The van der Waals surface area contributed by atoms with E-state index >= 15 is 0 Å². The fraction of sp³-hybridized carbons (Fsp3) is 0.400. The highest BCUT2D eigenvalue weighted by Gasteiger charge is 2.30. The molecular weight excluding hydrogens is 468 g/mol. The van der Waals surface area contributed by atoms with Gasteiger partial charge in [-0.3, -0.25) is 9.69 Å². The van der Waals surface area contributed by atoms with E-state index in [9.17, 15) is 9.59 Å². The second-order valence-corrected chi connectivity index (χ2v) is 9.92. The molecule has 0 bridgehead atoms. The van der Waals surface area contributed by atoms with E-state index in [1.54, 1.807) is 11.0 Å². The smallest absolute Gasteiger partial charge is 0.411 e. The number of fused-ring (bicyclic) bond motifs is 1. The number of hydrogen-bond donors (Lipinski definition) is 0. The number of ketones is 1. The molecule has 1 atom stereocenters. The van der Waals surface area contributed by atoms with Gasteiger partial charge >= 0.3 is 6.09 Å². The molecule has 0 aliphatic heterocycles. The van der Waals surface area contributed by atoms with Gasteiger partial charge in [0.05, 0.1) is 5.88 Å². The summed E-state index contributed by atoms with van der Waals surface area (Å²) in [5.41, 5.74) is 3.07. The van der Waals surface area contributed by atoms with Crippen LogP contribution in [0.5, 0.6) is 0 Å². The molecule has 0 N–H and O–H groups in total. The highest BCUT2D eigenvalue weighted by Crippen LogP contribution is 2.24. The molecule has 1 amide bonds. The molecule has 5 nitrogen and oxygen atoms in total. The molecule has 6 heteroatoms. The summed E-state index contributed by atoms with van der Waals surface area (Å²) in [6.07, 6.45) is 13.1. The Bertz CT molecular complexity index is 1140. The van der Waals surface area contributed by atoms with Crippen LogP contribution in [0.1, 0.15) is 50.2 Å². The summed E-state index contributed by atoms with van der Waals surface area (Å²) < 4.78 is 7.74. The normalized spacial score (nSPS) is 12.2. The molecule has 0 radical (unpaired) electrons. The number of benzene rings is 2. The quantitative estimate of drug-likeness (QED) is 0.132. The minimum atomic E-state index is -0.640. The van der Waals surface area contributed by atoms with Crippen LogP contribution in [0.25, 0.3) is 10.9 Å². The zero-order valence-electron chi connectivity index (χ0n) is 21.7. The van der Waals surface area contributed by atoms with E-state index in [2.05, 4.69) is 29.8 Å². The lowest BCUT2D eigenvalue weighted by Gasteiger charge is -2.29. The van der Waals surface area contributed by atoms with E-state index in [0.717, 1.165) is 34.9 Å². The van der Waals surface area contributed by atoms with Crippen LogP contribution in [0, 0.1) is 0 Å². The molecule has 0 aliphatic carbocycles. The first kappa shape index (κ1) is 27.6. The third-order valence-corrected chi connectivity index (χ3v) is 6.85. The number of hydrogen-bond acceptors (Lipinski definition) is 4. The van der Waals surface area contributed by atoms with Crippen LogP contribution in [0.3, 0.4) is 0 Å². The number of aromatic nitrogens is 1. The van der Waals surface area contributed by atoms with Gasteiger partial charge in [0, 0.05) is 30.6 Å². The summed E-state index contributed by atoms with van der Waals surface area (Å²) in [5, 5.41) is 1.10. The number of nitrogens with zero attached hydrogens (tertiary/aromatic N) is 2. The fourth-order valence-corrected chi connectivity index (χ4v) is 4.94. The number of unbranched alkanes of at least 4 members (excludes halogenated alkanes) is 4. The van der Waals surface area contributed by atoms with Crippen molar-refractivity contribution in [3.8, 4) is 0 Å². The number of aryl methyl sites for hydroxylation is 1. The molecule has 0 aliphatic rings. The maximum Gasteiger partial charge on any atom is 0.411 e. The van der Waals surface area contributed by atoms with Crippen molar-refractivity contribution >= 4 is 34.5 Å². The number of ether oxygens (including phenoxy) is 1. The molecule has 1 heterocycles. The molecule has 0 fully saturated rings. The Morgan fingerprint density at radius 3 is 2.56 bits per heavy atom. The molecule has 0 saturated carbocycles. The van der Waals surface area contributed by atoms with Crippen LogP contribution in [0.2, 0.25) is 0 Å². The lowest BCUT2D eigenvalue weighted by Crippen LogP contribution is -2.46. The van der Waals surface area contributed by atoms with Crippen molar-refractivity contribution in [1.82, 2.24) is 9.47 Å². The minimum absolute atomic E-state index is 0.0656. The first-order valence-corrected chi connectivity index (χ1v) is 14.1. The lowest BCUT2D eigenvalue weighted by molar-refractivity contribution is -0.119. The third kappa shape index (κ3) is 7.76. The van der Waals surface area contributed by atoms with Crippen molar-refractivity contribution in [1.29, 1.82) is 0 Å². The van der Waals surface area contributed by atoms with E-state index in [4.69, 9.17) is 4.74 Å². The molecule has 192 valence electrons. The standard InChI is InChI=1S/C30H38N2O3S/c1-4-5-6-7-8-12-19-29(33)28(20-25-21-31(2)27-18-14-13-17-26(25)27)32(23-36-3)30(34)35-22-24-15-10-9-11-16-24/h9-19,21,28H,4-8,20,22-23H2,1-3H3/b19-12+/t28-/m0/s1. The number of para-hydroxylation sites is 1. The monoisotopic (exact) mass is 506 g/mol. The molecule has 36 heavy (non-hydrogen) atoms. The Morgan fingerprint density at radius 1 is 1.06 bits per heavy atom. The summed E-state index contributed by atoms with van der Waals surface area (Å²) in [5.74, 6) is 0.309. The fourth-order valence-electron chi connectivity index (χ4n) is 4.37. The molecule has 0 saturated heterocycles. The zero-order chi connectivity index (χ0) is 25.8. The Hall–Kier alpha value is -2.99. The Kier molecular flexibility index (Phi) is 11.1. The van der Waals surface area contributed by atoms with Gasteiger partial charge in [0.15, 0.2) is 5.78 Å². The molecule has 3 aromatic rings. The van der Waals surface area contributed by atoms with E-state index in [-0.39, 0.29) is 12.4 Å². The van der Waals surface area contributed by atoms with Gasteiger partial charge in [-0.2, -0.15) is 0 Å². The Labute approximate surface area is 219 Å². The zero-order valence-corrected chi connectivity index (χ0v) is 22.5. The van der Waals surface area contributed by atoms with Gasteiger partial charge in [0.1, 0.15) is 12.6 Å². The molecule has 0 unspecified atom stereocenters. The average Bonchev–Trinajstić information content (AvgIpc) is 3.22. The van der Waals surface area contributed by atoms with Gasteiger partial charge in [-0.05, 0) is 42.4 Å². The van der Waals surface area contributed by atoms with E-state index < -0.39 is 12.1 Å². The van der Waals surface area contributed by atoms with Crippen LogP contribution in [0.15, 0.2) is 72.9 Å². The van der Waals surface area contributed by atoms with Crippen LogP contribution in [0.4, 0.5) is 4.79 Å². The van der Waals surface area contributed by atoms with Crippen molar-refractivity contribution in [2.75, 3.05) is 12.1 Å². The van der Waals surface area contributed by atoms with Gasteiger partial charge in [0.2, 0.25) is 0 Å². The highest BCUT2D eigenvalue weighted by atomic mass is 32.2. The van der Waals surface area contributed by atoms with Gasteiger partial charge in [0.25, 0.3) is 0 Å². The third-order valence-electron chi connectivity index (χ3n) is 6.31. The van der Waals surface area contributed by atoms with Gasteiger partial charge < -0.3 is 9.30 Å². The predicted octanol–water partition coefficient (Wildman–Crippen LogP) is 7.14. The summed E-state index contributed by atoms with van der Waals surface area (Å²) in [7, 11) is 2.01. The van der Waals surface area contributed by atoms with Crippen molar-refractivity contribution in [3.05, 3.63) is 84.1 Å². The summed E-state index contributed by atoms with van der Waals surface area (Å²) >= 11 is 1.51. The Balaban J connectivity index is 1.83. The maximum absolute atomic E-state index is 13.5. The van der Waals surface area contributed by atoms with Crippen molar-refractivity contribution < 1.29 is 14.3 Å². The molecule has 3 rings (SSSR count). The van der Waals surface area contributed by atoms with Crippen LogP contribution in [-0.2, 0) is 29.6 Å². The molecule has 2 aromatic carbocycles.